The second-order valence-corrected chi connectivity index (χ2v) is 6.98. The Bertz CT molecular complexity index is 813. The fourth-order valence-corrected chi connectivity index (χ4v) is 3.73. The van der Waals surface area contributed by atoms with E-state index >= 15 is 0 Å². The maximum absolute atomic E-state index is 12.8. The smallest absolute Gasteiger partial charge is 0.262 e. The lowest BCUT2D eigenvalue weighted by molar-refractivity contribution is 0.728. The van der Waals surface area contributed by atoms with E-state index in [4.69, 9.17) is 10.7 Å². The summed E-state index contributed by atoms with van der Waals surface area (Å²) in [5.74, 6) is 2.40. The van der Waals surface area contributed by atoms with E-state index in [0.717, 1.165) is 47.5 Å². The predicted octanol–water partition coefficient (Wildman–Crippen LogP) is 1.72. The summed E-state index contributed by atoms with van der Waals surface area (Å²) in [4.78, 5) is 19.9. The lowest BCUT2D eigenvalue weighted by atomic mass is 10.0. The molecule has 1 aliphatic carbocycles. The number of rotatable bonds is 2. The van der Waals surface area contributed by atoms with Crippen molar-refractivity contribution in [1.29, 1.82) is 0 Å². The molecule has 3 unspecified atom stereocenters. The van der Waals surface area contributed by atoms with Crippen LogP contribution in [0.4, 0.5) is 5.95 Å². The normalized spacial score (nSPS) is 24.6. The van der Waals surface area contributed by atoms with Crippen LogP contribution < -0.4 is 16.2 Å². The molecular weight excluding hydrogens is 276 g/mol. The third-order valence-electron chi connectivity index (χ3n) is 5.08. The molecule has 4 rings (SSSR count). The number of hydrogen-bond donors (Lipinski definition) is 1. The molecule has 0 spiro atoms. The summed E-state index contributed by atoms with van der Waals surface area (Å²) < 4.78 is 1.69. The average Bonchev–Trinajstić information content (AvgIpc) is 3.08. The van der Waals surface area contributed by atoms with Gasteiger partial charge in [0.15, 0.2) is 0 Å². The van der Waals surface area contributed by atoms with Gasteiger partial charge in [0.05, 0.1) is 10.9 Å². The molecule has 1 aliphatic heterocycles. The van der Waals surface area contributed by atoms with Gasteiger partial charge in [-0.3, -0.25) is 9.36 Å². The van der Waals surface area contributed by atoms with Crippen LogP contribution >= 0.6 is 0 Å². The number of hydrogen-bond acceptors (Lipinski definition) is 4. The molecule has 1 saturated heterocycles. The highest BCUT2D eigenvalue weighted by Crippen LogP contribution is 2.45. The number of aryl methyl sites for hydroxylation is 1. The van der Waals surface area contributed by atoms with Crippen molar-refractivity contribution in [3.8, 4) is 0 Å². The van der Waals surface area contributed by atoms with Gasteiger partial charge < -0.3 is 10.6 Å². The first-order chi connectivity index (χ1) is 10.5. The van der Waals surface area contributed by atoms with Crippen molar-refractivity contribution >= 4 is 16.9 Å². The minimum atomic E-state index is -0.137. The number of anilines is 1. The van der Waals surface area contributed by atoms with Crippen molar-refractivity contribution < 1.29 is 0 Å². The molecular formula is C17H22N4O. The van der Waals surface area contributed by atoms with Crippen LogP contribution in [0.5, 0.6) is 0 Å². The molecule has 5 heteroatoms. The van der Waals surface area contributed by atoms with Crippen LogP contribution in [0.25, 0.3) is 10.9 Å². The van der Waals surface area contributed by atoms with Gasteiger partial charge in [-0.05, 0) is 49.3 Å². The molecule has 0 amide bonds. The fraction of sp³-hybridized carbons (Fsp3) is 0.529. The SMILES string of the molecule is Cc1cc(C(C)N)c2nc(N3CC4CC4C3)n(C)c(=O)c2c1. The first-order valence-corrected chi connectivity index (χ1v) is 7.97. The Morgan fingerprint density at radius 2 is 2.00 bits per heavy atom. The van der Waals surface area contributed by atoms with E-state index in [0.29, 0.717) is 5.39 Å². The summed E-state index contributed by atoms with van der Waals surface area (Å²) in [5.41, 5.74) is 8.90. The van der Waals surface area contributed by atoms with Gasteiger partial charge in [-0.25, -0.2) is 4.98 Å². The summed E-state index contributed by atoms with van der Waals surface area (Å²) >= 11 is 0. The van der Waals surface area contributed by atoms with Crippen LogP contribution in [0, 0.1) is 18.8 Å². The van der Waals surface area contributed by atoms with E-state index in [1.165, 1.54) is 6.42 Å². The molecule has 1 saturated carbocycles. The van der Waals surface area contributed by atoms with E-state index < -0.39 is 0 Å². The standard InChI is InChI=1S/C17H22N4O/c1-9-4-13(10(2)18)15-14(5-9)16(22)20(3)17(19-15)21-7-11-6-12(11)8-21/h4-5,10-12H,6-8,18H2,1-3H3. The average molecular weight is 298 g/mol. The van der Waals surface area contributed by atoms with Crippen LogP contribution in [-0.2, 0) is 7.05 Å². The largest absolute Gasteiger partial charge is 0.342 e. The molecule has 2 aromatic rings. The fourth-order valence-electron chi connectivity index (χ4n) is 3.73. The number of nitrogens with zero attached hydrogens (tertiary/aromatic N) is 3. The van der Waals surface area contributed by atoms with E-state index in [-0.39, 0.29) is 11.6 Å². The number of aromatic nitrogens is 2. The molecule has 2 heterocycles. The lowest BCUT2D eigenvalue weighted by Crippen LogP contribution is -2.31. The van der Waals surface area contributed by atoms with Gasteiger partial charge in [0.2, 0.25) is 5.95 Å². The highest BCUT2D eigenvalue weighted by atomic mass is 16.1. The molecule has 0 bridgehead atoms. The molecule has 5 nitrogen and oxygen atoms in total. The van der Waals surface area contributed by atoms with E-state index in [2.05, 4.69) is 4.90 Å². The molecule has 1 aromatic carbocycles. The Kier molecular flexibility index (Phi) is 2.85. The van der Waals surface area contributed by atoms with Crippen LogP contribution in [0.1, 0.15) is 30.5 Å². The minimum absolute atomic E-state index is 0.0196. The Morgan fingerprint density at radius 3 is 2.64 bits per heavy atom. The highest BCUT2D eigenvalue weighted by molar-refractivity contribution is 5.83. The van der Waals surface area contributed by atoms with Gasteiger partial charge in [-0.1, -0.05) is 6.07 Å². The zero-order chi connectivity index (χ0) is 15.6. The Balaban J connectivity index is 1.95. The quantitative estimate of drug-likeness (QED) is 0.917. The first-order valence-electron chi connectivity index (χ1n) is 7.97. The second kappa shape index (κ2) is 4.56. The summed E-state index contributed by atoms with van der Waals surface area (Å²) in [6.07, 6.45) is 1.34. The number of piperidine rings is 1. The first kappa shape index (κ1) is 13.8. The van der Waals surface area contributed by atoms with Gasteiger partial charge in [-0.15, -0.1) is 0 Å². The van der Waals surface area contributed by atoms with E-state index in [1.54, 1.807) is 4.57 Å². The summed E-state index contributed by atoms with van der Waals surface area (Å²) in [7, 11) is 1.82. The lowest BCUT2D eigenvalue weighted by Gasteiger charge is -2.23. The third-order valence-corrected chi connectivity index (χ3v) is 5.08. The van der Waals surface area contributed by atoms with Crippen LogP contribution in [0.3, 0.4) is 0 Å². The van der Waals surface area contributed by atoms with Gasteiger partial charge in [0, 0.05) is 26.2 Å². The Hall–Kier alpha value is -1.88. The van der Waals surface area contributed by atoms with E-state index in [9.17, 15) is 4.79 Å². The number of fused-ring (bicyclic) bond motifs is 2. The molecule has 116 valence electrons. The van der Waals surface area contributed by atoms with Crippen molar-refractivity contribution in [2.45, 2.75) is 26.3 Å². The van der Waals surface area contributed by atoms with Crippen molar-refractivity contribution in [1.82, 2.24) is 9.55 Å². The summed E-state index contributed by atoms with van der Waals surface area (Å²) in [5, 5.41) is 0.669. The molecule has 2 aliphatic rings. The van der Waals surface area contributed by atoms with Gasteiger partial charge in [0.25, 0.3) is 5.56 Å². The molecule has 2 fully saturated rings. The van der Waals surface area contributed by atoms with Crippen molar-refractivity contribution in [3.63, 3.8) is 0 Å². The predicted molar refractivity (Wildman–Crippen MR) is 88.1 cm³/mol. The summed E-state index contributed by atoms with van der Waals surface area (Å²) in [6, 6.07) is 3.83. The maximum atomic E-state index is 12.8. The van der Waals surface area contributed by atoms with Gasteiger partial charge >= 0.3 is 0 Å². The van der Waals surface area contributed by atoms with Crippen molar-refractivity contribution in [2.24, 2.45) is 24.6 Å². The second-order valence-electron chi connectivity index (χ2n) is 6.98. The monoisotopic (exact) mass is 298 g/mol. The van der Waals surface area contributed by atoms with Crippen LogP contribution in [0.15, 0.2) is 16.9 Å². The number of nitrogens with two attached hydrogens (primary N) is 1. The zero-order valence-corrected chi connectivity index (χ0v) is 13.3. The zero-order valence-electron chi connectivity index (χ0n) is 13.3. The molecule has 0 radical (unpaired) electrons. The third kappa shape index (κ3) is 1.96. The highest BCUT2D eigenvalue weighted by Gasteiger charge is 2.46. The molecule has 1 aromatic heterocycles. The Labute approximate surface area is 129 Å². The van der Waals surface area contributed by atoms with Crippen LogP contribution in [0.2, 0.25) is 0 Å². The van der Waals surface area contributed by atoms with Crippen molar-refractivity contribution in [2.75, 3.05) is 18.0 Å². The molecule has 3 atom stereocenters. The number of benzene rings is 1. The molecule has 2 N–H and O–H groups in total. The van der Waals surface area contributed by atoms with Gasteiger partial charge in [0.1, 0.15) is 0 Å². The van der Waals surface area contributed by atoms with Crippen LogP contribution in [-0.4, -0.2) is 22.6 Å². The molecule has 22 heavy (non-hydrogen) atoms. The Morgan fingerprint density at radius 1 is 1.32 bits per heavy atom. The minimum Gasteiger partial charge on any atom is -0.342 e. The maximum Gasteiger partial charge on any atom is 0.262 e. The topological polar surface area (TPSA) is 64.2 Å². The van der Waals surface area contributed by atoms with Gasteiger partial charge in [-0.2, -0.15) is 0 Å². The van der Waals surface area contributed by atoms with E-state index in [1.807, 2.05) is 33.0 Å². The summed E-state index contributed by atoms with van der Waals surface area (Å²) in [6.45, 7) is 5.98. The van der Waals surface area contributed by atoms with Crippen molar-refractivity contribution in [3.05, 3.63) is 33.6 Å².